The van der Waals surface area contributed by atoms with Gasteiger partial charge in [-0.3, -0.25) is 0 Å². The standard InChI is InChI=1S/C16H24N2O3/c1-12-5-4-6-18(11-12)16(19)17-10-13-7-14(20-2)9-15(8-13)21-3/h7-9,12H,4-6,10-11H2,1-3H3,(H,17,19). The minimum Gasteiger partial charge on any atom is -0.497 e. The number of benzene rings is 1. The van der Waals surface area contributed by atoms with Gasteiger partial charge in [-0.2, -0.15) is 0 Å². The van der Waals surface area contributed by atoms with E-state index < -0.39 is 0 Å². The van der Waals surface area contributed by atoms with Crippen LogP contribution in [0.2, 0.25) is 0 Å². The minimum atomic E-state index is 0.00309. The molecule has 5 heteroatoms. The van der Waals surface area contributed by atoms with Crippen molar-refractivity contribution >= 4 is 6.03 Å². The summed E-state index contributed by atoms with van der Waals surface area (Å²) in [5.41, 5.74) is 0.963. The molecule has 1 saturated heterocycles. The van der Waals surface area contributed by atoms with E-state index in [9.17, 15) is 4.79 Å². The fraction of sp³-hybridized carbons (Fsp3) is 0.562. The van der Waals surface area contributed by atoms with Gasteiger partial charge >= 0.3 is 6.03 Å². The molecule has 0 aliphatic carbocycles. The third-order valence-electron chi connectivity index (χ3n) is 3.80. The summed E-state index contributed by atoms with van der Waals surface area (Å²) in [5, 5.41) is 2.97. The Morgan fingerprint density at radius 2 is 1.95 bits per heavy atom. The second kappa shape index (κ2) is 7.20. The maximum atomic E-state index is 12.2. The van der Waals surface area contributed by atoms with Gasteiger partial charge in [-0.05, 0) is 36.5 Å². The summed E-state index contributed by atoms with van der Waals surface area (Å²) in [6.07, 6.45) is 2.29. The molecule has 1 heterocycles. The van der Waals surface area contributed by atoms with Crippen molar-refractivity contribution in [2.24, 2.45) is 5.92 Å². The molecule has 0 spiro atoms. The van der Waals surface area contributed by atoms with Gasteiger partial charge in [-0.25, -0.2) is 4.79 Å². The van der Waals surface area contributed by atoms with Crippen molar-refractivity contribution in [1.29, 1.82) is 0 Å². The van der Waals surface area contributed by atoms with Gasteiger partial charge in [0.25, 0.3) is 0 Å². The zero-order chi connectivity index (χ0) is 15.2. The van der Waals surface area contributed by atoms with Crippen LogP contribution in [0, 0.1) is 5.92 Å². The molecule has 1 unspecified atom stereocenters. The largest absolute Gasteiger partial charge is 0.497 e. The van der Waals surface area contributed by atoms with E-state index in [-0.39, 0.29) is 6.03 Å². The van der Waals surface area contributed by atoms with Gasteiger partial charge in [0.05, 0.1) is 14.2 Å². The Kier molecular flexibility index (Phi) is 5.31. The average Bonchev–Trinajstić information content (AvgIpc) is 2.52. The van der Waals surface area contributed by atoms with Gasteiger partial charge in [0.2, 0.25) is 0 Å². The van der Waals surface area contributed by atoms with Crippen molar-refractivity contribution < 1.29 is 14.3 Å². The van der Waals surface area contributed by atoms with Gasteiger partial charge < -0.3 is 19.7 Å². The Hall–Kier alpha value is -1.91. The molecule has 2 amide bonds. The number of nitrogens with zero attached hydrogens (tertiary/aromatic N) is 1. The zero-order valence-corrected chi connectivity index (χ0v) is 13.0. The van der Waals surface area contributed by atoms with Gasteiger partial charge in [0.15, 0.2) is 0 Å². The lowest BCUT2D eigenvalue weighted by atomic mass is 10.0. The maximum absolute atomic E-state index is 12.2. The molecular weight excluding hydrogens is 268 g/mol. The highest BCUT2D eigenvalue weighted by atomic mass is 16.5. The Balaban J connectivity index is 1.94. The van der Waals surface area contributed by atoms with Crippen LogP contribution in [0.3, 0.4) is 0 Å². The summed E-state index contributed by atoms with van der Waals surface area (Å²) >= 11 is 0. The second-order valence-corrected chi connectivity index (χ2v) is 5.57. The van der Waals surface area contributed by atoms with E-state index >= 15 is 0 Å². The molecule has 1 aliphatic rings. The maximum Gasteiger partial charge on any atom is 0.317 e. The normalized spacial score (nSPS) is 18.2. The molecule has 1 aromatic rings. The van der Waals surface area contributed by atoms with E-state index in [2.05, 4.69) is 12.2 Å². The summed E-state index contributed by atoms with van der Waals surface area (Å²) in [7, 11) is 3.23. The molecule has 5 nitrogen and oxygen atoms in total. The van der Waals surface area contributed by atoms with E-state index in [1.54, 1.807) is 14.2 Å². The number of rotatable bonds is 4. The number of amides is 2. The number of likely N-dealkylation sites (tertiary alicyclic amines) is 1. The van der Waals surface area contributed by atoms with Crippen LogP contribution < -0.4 is 14.8 Å². The summed E-state index contributed by atoms with van der Waals surface area (Å²) in [6, 6.07) is 5.63. The first kappa shape index (κ1) is 15.5. The van der Waals surface area contributed by atoms with Crippen molar-refractivity contribution in [1.82, 2.24) is 10.2 Å². The van der Waals surface area contributed by atoms with Crippen LogP contribution in [0.4, 0.5) is 4.79 Å². The lowest BCUT2D eigenvalue weighted by molar-refractivity contribution is 0.169. The van der Waals surface area contributed by atoms with Crippen LogP contribution in [-0.2, 0) is 6.54 Å². The van der Waals surface area contributed by atoms with Crippen LogP contribution in [0.1, 0.15) is 25.3 Å². The number of hydrogen-bond donors (Lipinski definition) is 1. The van der Waals surface area contributed by atoms with Crippen molar-refractivity contribution in [2.45, 2.75) is 26.3 Å². The summed E-state index contributed by atoms with van der Waals surface area (Å²) < 4.78 is 10.5. The Morgan fingerprint density at radius 1 is 1.29 bits per heavy atom. The third kappa shape index (κ3) is 4.28. The average molecular weight is 292 g/mol. The zero-order valence-electron chi connectivity index (χ0n) is 13.0. The van der Waals surface area contributed by atoms with Gasteiger partial charge in [-0.1, -0.05) is 6.92 Å². The smallest absolute Gasteiger partial charge is 0.317 e. The van der Waals surface area contributed by atoms with E-state index in [0.717, 1.165) is 36.6 Å². The molecule has 1 atom stereocenters. The molecule has 0 aromatic heterocycles. The predicted molar refractivity (Wildman–Crippen MR) is 81.8 cm³/mol. The number of carbonyl (C=O) groups excluding carboxylic acids is 1. The number of ether oxygens (including phenoxy) is 2. The van der Waals surface area contributed by atoms with E-state index in [1.165, 1.54) is 6.42 Å². The van der Waals surface area contributed by atoms with E-state index in [1.807, 2.05) is 23.1 Å². The first-order valence-electron chi connectivity index (χ1n) is 7.37. The van der Waals surface area contributed by atoms with Crippen LogP contribution >= 0.6 is 0 Å². The molecule has 116 valence electrons. The molecule has 2 rings (SSSR count). The van der Waals surface area contributed by atoms with Crippen LogP contribution in [0.5, 0.6) is 11.5 Å². The summed E-state index contributed by atoms with van der Waals surface area (Å²) in [5.74, 6) is 2.04. The highest BCUT2D eigenvalue weighted by Crippen LogP contribution is 2.22. The molecule has 1 aromatic carbocycles. The van der Waals surface area contributed by atoms with Crippen molar-refractivity contribution in [3.63, 3.8) is 0 Å². The number of urea groups is 1. The third-order valence-corrected chi connectivity index (χ3v) is 3.80. The predicted octanol–water partition coefficient (Wildman–Crippen LogP) is 2.65. The number of piperidine rings is 1. The second-order valence-electron chi connectivity index (χ2n) is 5.57. The minimum absolute atomic E-state index is 0.00309. The fourth-order valence-electron chi connectivity index (χ4n) is 2.63. The first-order valence-corrected chi connectivity index (χ1v) is 7.37. The summed E-state index contributed by atoms with van der Waals surface area (Å²) in [4.78, 5) is 14.1. The van der Waals surface area contributed by atoms with E-state index in [0.29, 0.717) is 12.5 Å². The Bertz CT molecular complexity index is 468. The van der Waals surface area contributed by atoms with Crippen molar-refractivity contribution in [2.75, 3.05) is 27.3 Å². The number of carbonyl (C=O) groups is 1. The lowest BCUT2D eigenvalue weighted by Crippen LogP contribution is -2.44. The van der Waals surface area contributed by atoms with Crippen LogP contribution in [0.15, 0.2) is 18.2 Å². The number of hydrogen-bond acceptors (Lipinski definition) is 3. The molecule has 0 bridgehead atoms. The topological polar surface area (TPSA) is 50.8 Å². The highest BCUT2D eigenvalue weighted by Gasteiger charge is 2.20. The van der Waals surface area contributed by atoms with Crippen LogP contribution in [-0.4, -0.2) is 38.2 Å². The molecular formula is C16H24N2O3. The number of methoxy groups -OCH3 is 2. The fourth-order valence-corrected chi connectivity index (χ4v) is 2.63. The molecule has 1 aliphatic heterocycles. The summed E-state index contributed by atoms with van der Waals surface area (Å²) in [6.45, 7) is 4.34. The van der Waals surface area contributed by atoms with Gasteiger partial charge in [0, 0.05) is 25.7 Å². The SMILES string of the molecule is COc1cc(CNC(=O)N2CCCC(C)C2)cc(OC)c1. The lowest BCUT2D eigenvalue weighted by Gasteiger charge is -2.31. The molecule has 0 saturated carbocycles. The highest BCUT2D eigenvalue weighted by molar-refractivity contribution is 5.74. The van der Waals surface area contributed by atoms with Crippen molar-refractivity contribution in [3.05, 3.63) is 23.8 Å². The molecule has 1 fully saturated rings. The Labute approximate surface area is 126 Å². The molecule has 1 N–H and O–H groups in total. The number of nitrogens with one attached hydrogen (secondary N) is 1. The quantitative estimate of drug-likeness (QED) is 0.928. The van der Waals surface area contributed by atoms with Gasteiger partial charge in [-0.15, -0.1) is 0 Å². The van der Waals surface area contributed by atoms with Crippen molar-refractivity contribution in [3.8, 4) is 11.5 Å². The van der Waals surface area contributed by atoms with Crippen LogP contribution in [0.25, 0.3) is 0 Å². The Morgan fingerprint density at radius 3 is 2.52 bits per heavy atom. The molecule has 21 heavy (non-hydrogen) atoms. The first-order chi connectivity index (χ1) is 10.1. The van der Waals surface area contributed by atoms with Gasteiger partial charge in [0.1, 0.15) is 11.5 Å². The molecule has 0 radical (unpaired) electrons. The monoisotopic (exact) mass is 292 g/mol. The van der Waals surface area contributed by atoms with E-state index in [4.69, 9.17) is 9.47 Å².